The first-order valence-corrected chi connectivity index (χ1v) is 8.00. The molecule has 26 heavy (non-hydrogen) atoms. The molecule has 0 spiro atoms. The summed E-state index contributed by atoms with van der Waals surface area (Å²) in [6.45, 7) is 0.259. The zero-order chi connectivity index (χ0) is 17.8. The van der Waals surface area contributed by atoms with Crippen LogP contribution in [0.3, 0.4) is 0 Å². The van der Waals surface area contributed by atoms with Crippen molar-refractivity contribution in [3.8, 4) is 5.69 Å². The Kier molecular flexibility index (Phi) is 4.21. The van der Waals surface area contributed by atoms with E-state index in [1.807, 2.05) is 42.5 Å². The Bertz CT molecular complexity index is 1040. The molecule has 128 valence electrons. The summed E-state index contributed by atoms with van der Waals surface area (Å²) in [5.41, 5.74) is 2.97. The molecule has 0 saturated carbocycles. The predicted octanol–water partition coefficient (Wildman–Crippen LogP) is 2.53. The number of nitrogens with zero attached hydrogens (tertiary/aromatic N) is 5. The van der Waals surface area contributed by atoms with E-state index in [9.17, 15) is 4.79 Å². The Morgan fingerprint density at radius 2 is 2.00 bits per heavy atom. The van der Waals surface area contributed by atoms with Gasteiger partial charge in [0.1, 0.15) is 5.69 Å². The maximum absolute atomic E-state index is 12.2. The zero-order valence-corrected chi connectivity index (χ0v) is 13.7. The highest BCUT2D eigenvalue weighted by Crippen LogP contribution is 2.21. The number of carbonyl (C=O) groups is 1. The lowest BCUT2D eigenvalue weighted by Gasteiger charge is -2.08. The van der Waals surface area contributed by atoms with Crippen LogP contribution in [0.15, 0.2) is 67.3 Å². The van der Waals surface area contributed by atoms with Crippen LogP contribution in [-0.2, 0) is 6.54 Å². The number of hydrogen-bond acceptors (Lipinski definition) is 5. The average Bonchev–Trinajstić information content (AvgIpc) is 3.17. The predicted molar refractivity (Wildman–Crippen MR) is 96.8 cm³/mol. The van der Waals surface area contributed by atoms with Crippen LogP contribution in [0.1, 0.15) is 5.69 Å². The highest BCUT2D eigenvalue weighted by Gasteiger charge is 2.08. The van der Waals surface area contributed by atoms with Crippen LogP contribution in [-0.4, -0.2) is 31.0 Å². The quantitative estimate of drug-likeness (QED) is 0.592. The number of aromatic nitrogens is 5. The number of amides is 2. The number of hydrogen-bond donors (Lipinski definition) is 2. The van der Waals surface area contributed by atoms with Gasteiger partial charge in [-0.3, -0.25) is 9.97 Å². The third-order valence-electron chi connectivity index (χ3n) is 3.78. The molecule has 4 aromatic rings. The molecular formula is C18H15N7O. The van der Waals surface area contributed by atoms with Crippen molar-refractivity contribution < 1.29 is 4.79 Å². The van der Waals surface area contributed by atoms with Crippen LogP contribution in [0.2, 0.25) is 0 Å². The van der Waals surface area contributed by atoms with Crippen molar-refractivity contribution in [1.82, 2.24) is 30.3 Å². The van der Waals surface area contributed by atoms with Crippen LogP contribution in [0.25, 0.3) is 16.6 Å². The number of rotatable bonds is 4. The highest BCUT2D eigenvalue weighted by atomic mass is 16.2. The molecule has 3 aromatic heterocycles. The van der Waals surface area contributed by atoms with Gasteiger partial charge in [0.25, 0.3) is 0 Å². The van der Waals surface area contributed by atoms with Crippen molar-refractivity contribution in [1.29, 1.82) is 0 Å². The summed E-state index contributed by atoms with van der Waals surface area (Å²) in [4.78, 5) is 20.5. The van der Waals surface area contributed by atoms with Crippen molar-refractivity contribution in [2.45, 2.75) is 6.54 Å². The van der Waals surface area contributed by atoms with Crippen LogP contribution in [0, 0.1) is 0 Å². The van der Waals surface area contributed by atoms with Gasteiger partial charge >= 0.3 is 6.03 Å². The molecule has 3 heterocycles. The van der Waals surface area contributed by atoms with E-state index in [1.54, 1.807) is 29.5 Å². The summed E-state index contributed by atoms with van der Waals surface area (Å²) < 4.78 is 1.61. The van der Waals surface area contributed by atoms with Crippen LogP contribution in [0.5, 0.6) is 0 Å². The van der Waals surface area contributed by atoms with Gasteiger partial charge in [0.05, 0.1) is 35.8 Å². The van der Waals surface area contributed by atoms with E-state index in [0.29, 0.717) is 11.4 Å². The molecule has 2 N–H and O–H groups in total. The zero-order valence-electron chi connectivity index (χ0n) is 13.7. The van der Waals surface area contributed by atoms with E-state index in [4.69, 9.17) is 0 Å². The molecule has 0 aliphatic heterocycles. The lowest BCUT2D eigenvalue weighted by atomic mass is 10.2. The smallest absolute Gasteiger partial charge is 0.319 e. The van der Waals surface area contributed by atoms with Crippen molar-refractivity contribution in [2.75, 3.05) is 5.32 Å². The largest absolute Gasteiger partial charge is 0.332 e. The molecule has 8 nitrogen and oxygen atoms in total. The van der Waals surface area contributed by atoms with Gasteiger partial charge in [-0.15, -0.1) is 5.10 Å². The normalized spacial score (nSPS) is 10.6. The van der Waals surface area contributed by atoms with E-state index < -0.39 is 0 Å². The summed E-state index contributed by atoms with van der Waals surface area (Å²) in [6.07, 6.45) is 6.85. The van der Waals surface area contributed by atoms with Crippen LogP contribution >= 0.6 is 0 Å². The number of carbonyl (C=O) groups excluding carboxylic acids is 1. The second-order valence-electron chi connectivity index (χ2n) is 5.55. The van der Waals surface area contributed by atoms with E-state index in [1.165, 1.54) is 0 Å². The lowest BCUT2D eigenvalue weighted by Crippen LogP contribution is -2.28. The first kappa shape index (κ1) is 15.7. The van der Waals surface area contributed by atoms with Gasteiger partial charge < -0.3 is 10.6 Å². The number of pyridine rings is 2. The second kappa shape index (κ2) is 6.98. The summed E-state index contributed by atoms with van der Waals surface area (Å²) in [5, 5.41) is 14.6. The Hall–Kier alpha value is -3.81. The van der Waals surface area contributed by atoms with Crippen molar-refractivity contribution in [2.24, 2.45) is 0 Å². The fourth-order valence-electron chi connectivity index (χ4n) is 2.54. The third kappa shape index (κ3) is 3.34. The van der Waals surface area contributed by atoms with Crippen molar-refractivity contribution in [3.05, 3.63) is 72.9 Å². The summed E-state index contributed by atoms with van der Waals surface area (Å²) in [6, 6.07) is 12.7. The van der Waals surface area contributed by atoms with Gasteiger partial charge in [-0.05, 0) is 36.4 Å². The van der Waals surface area contributed by atoms with Gasteiger partial charge in [-0.1, -0.05) is 11.3 Å². The molecule has 0 radical (unpaired) electrons. The van der Waals surface area contributed by atoms with Crippen molar-refractivity contribution >= 4 is 22.6 Å². The maximum Gasteiger partial charge on any atom is 0.319 e. The Morgan fingerprint density at radius 3 is 2.88 bits per heavy atom. The SMILES string of the molecule is O=C(NCc1cn(-c2cccnc2)nn1)Nc1cccc2ncccc12. The second-order valence-corrected chi connectivity index (χ2v) is 5.55. The van der Waals surface area contributed by atoms with Gasteiger partial charge in [0.2, 0.25) is 0 Å². The number of fused-ring (bicyclic) bond motifs is 1. The van der Waals surface area contributed by atoms with E-state index in [-0.39, 0.29) is 12.6 Å². The highest BCUT2D eigenvalue weighted by molar-refractivity contribution is 6.00. The molecule has 0 aliphatic carbocycles. The minimum Gasteiger partial charge on any atom is -0.332 e. The standard InChI is InChI=1S/C18H15N7O/c26-18(22-17-7-1-6-16-15(17)5-3-9-20-16)21-10-13-12-25(24-23-13)14-4-2-8-19-11-14/h1-9,11-12H,10H2,(H2,21,22,26). The molecule has 1 aromatic carbocycles. The van der Waals surface area contributed by atoms with Gasteiger partial charge in [-0.25, -0.2) is 9.48 Å². The molecule has 4 rings (SSSR count). The molecular weight excluding hydrogens is 330 g/mol. The third-order valence-corrected chi connectivity index (χ3v) is 3.78. The molecule has 8 heteroatoms. The van der Waals surface area contributed by atoms with E-state index in [0.717, 1.165) is 16.6 Å². The Labute approximate surface area is 148 Å². The molecule has 0 atom stereocenters. The fourth-order valence-corrected chi connectivity index (χ4v) is 2.54. The van der Waals surface area contributed by atoms with Gasteiger partial charge in [-0.2, -0.15) is 0 Å². The van der Waals surface area contributed by atoms with E-state index >= 15 is 0 Å². The summed E-state index contributed by atoms with van der Waals surface area (Å²) in [7, 11) is 0. The summed E-state index contributed by atoms with van der Waals surface area (Å²) in [5.74, 6) is 0. The van der Waals surface area contributed by atoms with E-state index in [2.05, 4.69) is 30.9 Å². The van der Waals surface area contributed by atoms with Crippen LogP contribution < -0.4 is 10.6 Å². The number of anilines is 1. The van der Waals surface area contributed by atoms with Gasteiger partial charge in [0, 0.05) is 17.8 Å². The first-order chi connectivity index (χ1) is 12.8. The Morgan fingerprint density at radius 1 is 1.08 bits per heavy atom. The topological polar surface area (TPSA) is 97.6 Å². The van der Waals surface area contributed by atoms with Crippen molar-refractivity contribution in [3.63, 3.8) is 0 Å². The molecule has 2 amide bonds. The van der Waals surface area contributed by atoms with Crippen LogP contribution in [0.4, 0.5) is 10.5 Å². The summed E-state index contributed by atoms with van der Waals surface area (Å²) >= 11 is 0. The fraction of sp³-hybridized carbons (Fsp3) is 0.0556. The van der Waals surface area contributed by atoms with Gasteiger partial charge in [0.15, 0.2) is 0 Å². The Balaban J connectivity index is 1.41. The monoisotopic (exact) mass is 345 g/mol. The number of benzene rings is 1. The molecule has 0 bridgehead atoms. The minimum absolute atomic E-state index is 0.259. The molecule has 0 aliphatic rings. The number of nitrogens with one attached hydrogen (secondary N) is 2. The molecule has 0 saturated heterocycles. The molecule has 0 unspecified atom stereocenters. The molecule has 0 fully saturated rings. The minimum atomic E-state index is -0.322. The average molecular weight is 345 g/mol. The first-order valence-electron chi connectivity index (χ1n) is 8.00. The lowest BCUT2D eigenvalue weighted by molar-refractivity contribution is 0.251. The maximum atomic E-state index is 12.2. The number of urea groups is 1.